The molecule has 0 aliphatic carbocycles. The number of rotatable bonds is 8. The molecule has 6 heteroatoms. The first-order valence-electron chi connectivity index (χ1n) is 10.3. The summed E-state index contributed by atoms with van der Waals surface area (Å²) >= 11 is 12.0. The molecule has 0 radical (unpaired) electrons. The van der Waals surface area contributed by atoms with Gasteiger partial charge in [0.15, 0.2) is 0 Å². The van der Waals surface area contributed by atoms with Gasteiger partial charge >= 0.3 is 0 Å². The van der Waals surface area contributed by atoms with Gasteiger partial charge in [-0.3, -0.25) is 9.69 Å². The summed E-state index contributed by atoms with van der Waals surface area (Å²) in [7, 11) is 0. The molecular weight excluding hydrogens is 405 g/mol. The SMILES string of the molecule is N[C@@H](CCN(Cc1ccc(Cl)cc1)Cc1ccc(Cl)cc1)C(=O)N1CCCCC1. The van der Waals surface area contributed by atoms with Crippen LogP contribution in [0.3, 0.4) is 0 Å². The zero-order valence-electron chi connectivity index (χ0n) is 16.7. The number of benzene rings is 2. The fourth-order valence-electron chi connectivity index (χ4n) is 3.70. The fraction of sp³-hybridized carbons (Fsp3) is 0.435. The van der Waals surface area contributed by atoms with Gasteiger partial charge in [0.25, 0.3) is 0 Å². The summed E-state index contributed by atoms with van der Waals surface area (Å²) in [5.74, 6) is 0.0858. The van der Waals surface area contributed by atoms with Crippen molar-refractivity contribution in [1.29, 1.82) is 0 Å². The number of nitrogens with two attached hydrogens (primary N) is 1. The van der Waals surface area contributed by atoms with Crippen molar-refractivity contribution in [2.75, 3.05) is 19.6 Å². The van der Waals surface area contributed by atoms with E-state index in [1.165, 1.54) is 17.5 Å². The lowest BCUT2D eigenvalue weighted by molar-refractivity contribution is -0.133. The minimum Gasteiger partial charge on any atom is -0.341 e. The molecule has 1 atom stereocenters. The van der Waals surface area contributed by atoms with Crippen molar-refractivity contribution in [3.8, 4) is 0 Å². The Labute approximate surface area is 183 Å². The summed E-state index contributed by atoms with van der Waals surface area (Å²) in [5.41, 5.74) is 8.63. The summed E-state index contributed by atoms with van der Waals surface area (Å²) < 4.78 is 0. The highest BCUT2D eigenvalue weighted by Gasteiger charge is 2.23. The maximum Gasteiger partial charge on any atom is 0.239 e. The molecule has 4 nitrogen and oxygen atoms in total. The Morgan fingerprint density at radius 2 is 1.38 bits per heavy atom. The third kappa shape index (κ3) is 7.00. The van der Waals surface area contributed by atoms with E-state index in [-0.39, 0.29) is 5.91 Å². The Kier molecular flexibility index (Phi) is 8.37. The Balaban J connectivity index is 1.62. The van der Waals surface area contributed by atoms with Crippen molar-refractivity contribution in [3.05, 3.63) is 69.7 Å². The second-order valence-corrected chi connectivity index (χ2v) is 8.62. The Morgan fingerprint density at radius 1 is 0.897 bits per heavy atom. The number of hydrogen-bond acceptors (Lipinski definition) is 3. The lowest BCUT2D eigenvalue weighted by Crippen LogP contribution is -2.47. The van der Waals surface area contributed by atoms with Gasteiger partial charge in [-0.2, -0.15) is 0 Å². The maximum absolute atomic E-state index is 12.7. The average molecular weight is 434 g/mol. The van der Waals surface area contributed by atoms with E-state index >= 15 is 0 Å². The van der Waals surface area contributed by atoms with Crippen molar-refractivity contribution in [2.45, 2.75) is 44.8 Å². The minimum absolute atomic E-state index is 0.0858. The second-order valence-electron chi connectivity index (χ2n) is 7.74. The van der Waals surface area contributed by atoms with Crippen LogP contribution in [0.5, 0.6) is 0 Å². The van der Waals surface area contributed by atoms with Crippen LogP contribution >= 0.6 is 23.2 Å². The number of amides is 1. The Hall–Kier alpha value is -1.59. The van der Waals surface area contributed by atoms with E-state index in [2.05, 4.69) is 4.90 Å². The van der Waals surface area contributed by atoms with Crippen LogP contribution in [0.2, 0.25) is 10.0 Å². The Morgan fingerprint density at radius 3 is 1.86 bits per heavy atom. The van der Waals surface area contributed by atoms with Crippen molar-refractivity contribution >= 4 is 29.1 Å². The molecule has 1 aliphatic rings. The number of nitrogens with zero attached hydrogens (tertiary/aromatic N) is 2. The van der Waals surface area contributed by atoms with Gasteiger partial charge in [0, 0.05) is 42.8 Å². The van der Waals surface area contributed by atoms with E-state index in [4.69, 9.17) is 28.9 Å². The highest BCUT2D eigenvalue weighted by Crippen LogP contribution is 2.17. The van der Waals surface area contributed by atoms with Crippen molar-refractivity contribution in [1.82, 2.24) is 9.80 Å². The highest BCUT2D eigenvalue weighted by molar-refractivity contribution is 6.30. The van der Waals surface area contributed by atoms with E-state index in [0.717, 1.165) is 55.6 Å². The summed E-state index contributed by atoms with van der Waals surface area (Å²) in [5, 5.41) is 1.46. The van der Waals surface area contributed by atoms with Gasteiger partial charge in [-0.15, -0.1) is 0 Å². The van der Waals surface area contributed by atoms with Gasteiger partial charge in [-0.25, -0.2) is 0 Å². The zero-order valence-corrected chi connectivity index (χ0v) is 18.2. The molecule has 2 N–H and O–H groups in total. The smallest absolute Gasteiger partial charge is 0.239 e. The number of carbonyl (C=O) groups excluding carboxylic acids is 1. The van der Waals surface area contributed by atoms with E-state index < -0.39 is 6.04 Å². The quantitative estimate of drug-likeness (QED) is 0.654. The number of piperidine rings is 1. The molecule has 0 spiro atoms. The summed E-state index contributed by atoms with van der Waals surface area (Å²) in [6, 6.07) is 15.3. The van der Waals surface area contributed by atoms with Gasteiger partial charge in [-0.1, -0.05) is 47.5 Å². The lowest BCUT2D eigenvalue weighted by Gasteiger charge is -2.30. The van der Waals surface area contributed by atoms with Crippen LogP contribution in [0.15, 0.2) is 48.5 Å². The highest BCUT2D eigenvalue weighted by atomic mass is 35.5. The predicted octanol–water partition coefficient (Wildman–Crippen LogP) is 4.73. The zero-order chi connectivity index (χ0) is 20.6. The molecule has 1 amide bonds. The summed E-state index contributed by atoms with van der Waals surface area (Å²) in [4.78, 5) is 16.9. The first-order valence-corrected chi connectivity index (χ1v) is 11.0. The fourth-order valence-corrected chi connectivity index (χ4v) is 3.96. The molecular formula is C23H29Cl2N3O. The third-order valence-corrected chi connectivity index (χ3v) is 5.88. The average Bonchev–Trinajstić information content (AvgIpc) is 2.75. The molecule has 3 rings (SSSR count). The van der Waals surface area contributed by atoms with Crippen LogP contribution < -0.4 is 5.73 Å². The topological polar surface area (TPSA) is 49.6 Å². The lowest BCUT2D eigenvalue weighted by atomic mass is 10.1. The van der Waals surface area contributed by atoms with Crippen molar-refractivity contribution in [2.24, 2.45) is 5.73 Å². The van der Waals surface area contributed by atoms with Crippen molar-refractivity contribution in [3.63, 3.8) is 0 Å². The van der Waals surface area contributed by atoms with Gasteiger partial charge in [-0.05, 0) is 61.1 Å². The second kappa shape index (κ2) is 11.0. The van der Waals surface area contributed by atoms with E-state index in [1.54, 1.807) is 0 Å². The van der Waals surface area contributed by atoms with E-state index in [0.29, 0.717) is 6.42 Å². The molecule has 0 unspecified atom stereocenters. The van der Waals surface area contributed by atoms with Crippen LogP contribution in [-0.2, 0) is 17.9 Å². The molecule has 2 aromatic carbocycles. The van der Waals surface area contributed by atoms with Gasteiger partial charge in [0.1, 0.15) is 0 Å². The van der Waals surface area contributed by atoms with Crippen LogP contribution in [0.4, 0.5) is 0 Å². The van der Waals surface area contributed by atoms with Gasteiger partial charge in [0.05, 0.1) is 6.04 Å². The molecule has 0 saturated carbocycles. The minimum atomic E-state index is -0.453. The maximum atomic E-state index is 12.7. The molecule has 1 heterocycles. The van der Waals surface area contributed by atoms with Crippen LogP contribution in [0.25, 0.3) is 0 Å². The van der Waals surface area contributed by atoms with Crippen molar-refractivity contribution < 1.29 is 4.79 Å². The summed E-state index contributed by atoms with van der Waals surface area (Å²) in [6.45, 7) is 3.96. The first kappa shape index (κ1) is 22.1. The molecule has 0 aromatic heterocycles. The number of carbonyl (C=O) groups is 1. The van der Waals surface area contributed by atoms with Crippen LogP contribution in [0, 0.1) is 0 Å². The van der Waals surface area contributed by atoms with E-state index in [9.17, 15) is 4.79 Å². The number of likely N-dealkylation sites (tertiary alicyclic amines) is 1. The molecule has 29 heavy (non-hydrogen) atoms. The normalized spacial score (nSPS) is 15.5. The van der Waals surface area contributed by atoms with Crippen LogP contribution in [0.1, 0.15) is 36.8 Å². The summed E-state index contributed by atoms with van der Waals surface area (Å²) in [6.07, 6.45) is 4.00. The predicted molar refractivity (Wildman–Crippen MR) is 120 cm³/mol. The monoisotopic (exact) mass is 433 g/mol. The van der Waals surface area contributed by atoms with E-state index in [1.807, 2.05) is 53.4 Å². The van der Waals surface area contributed by atoms with Gasteiger partial charge in [0.2, 0.25) is 5.91 Å². The third-order valence-electron chi connectivity index (χ3n) is 5.38. The first-order chi connectivity index (χ1) is 14.0. The largest absolute Gasteiger partial charge is 0.341 e. The van der Waals surface area contributed by atoms with Crippen LogP contribution in [-0.4, -0.2) is 41.4 Å². The molecule has 1 aliphatic heterocycles. The molecule has 1 saturated heterocycles. The molecule has 156 valence electrons. The Bertz CT molecular complexity index is 726. The standard InChI is InChI=1S/C23H29Cl2N3O/c24-20-8-4-18(5-9-20)16-27(17-19-6-10-21(25)11-7-19)15-12-22(26)23(29)28-13-2-1-3-14-28/h4-11,22H,1-3,12-17,26H2/t22-/m0/s1. The number of hydrogen-bond donors (Lipinski definition) is 1. The molecule has 0 bridgehead atoms. The molecule has 1 fully saturated rings. The van der Waals surface area contributed by atoms with Gasteiger partial charge < -0.3 is 10.6 Å². The number of halogens is 2. The molecule has 2 aromatic rings.